The lowest BCUT2D eigenvalue weighted by Gasteiger charge is -2.24. The van der Waals surface area contributed by atoms with Gasteiger partial charge in [-0.25, -0.2) is 0 Å². The van der Waals surface area contributed by atoms with Crippen molar-refractivity contribution in [2.75, 3.05) is 20.4 Å². The van der Waals surface area contributed by atoms with Crippen molar-refractivity contribution in [1.29, 1.82) is 0 Å². The SMILES string of the molecule is COc1cccc(CNC(=O)C(=O)NCC(C)(O)c2ccc3c(c2)OCO3)c1. The van der Waals surface area contributed by atoms with E-state index >= 15 is 0 Å². The molecule has 0 radical (unpaired) electrons. The predicted molar refractivity (Wildman–Crippen MR) is 100.0 cm³/mol. The Morgan fingerprint density at radius 1 is 1.11 bits per heavy atom. The zero-order chi connectivity index (χ0) is 20.1. The lowest BCUT2D eigenvalue weighted by Crippen LogP contribution is -2.45. The zero-order valence-corrected chi connectivity index (χ0v) is 15.7. The maximum Gasteiger partial charge on any atom is 0.309 e. The maximum atomic E-state index is 12.0. The molecule has 3 rings (SSSR count). The minimum Gasteiger partial charge on any atom is -0.497 e. The van der Waals surface area contributed by atoms with E-state index < -0.39 is 17.4 Å². The molecule has 1 aliphatic rings. The summed E-state index contributed by atoms with van der Waals surface area (Å²) in [5.74, 6) is 0.171. The normalized spacial score (nSPS) is 14.1. The topological polar surface area (TPSA) is 106 Å². The molecule has 1 heterocycles. The van der Waals surface area contributed by atoms with Crippen LogP contribution in [0, 0.1) is 0 Å². The second-order valence-electron chi connectivity index (χ2n) is 6.56. The van der Waals surface area contributed by atoms with Crippen molar-refractivity contribution in [2.24, 2.45) is 0 Å². The monoisotopic (exact) mass is 386 g/mol. The molecule has 1 aliphatic heterocycles. The summed E-state index contributed by atoms with van der Waals surface area (Å²) in [4.78, 5) is 24.1. The Balaban J connectivity index is 1.52. The Morgan fingerprint density at radius 3 is 2.64 bits per heavy atom. The fraction of sp³-hybridized carbons (Fsp3) is 0.300. The first-order valence-electron chi connectivity index (χ1n) is 8.70. The van der Waals surface area contributed by atoms with Crippen LogP contribution in [-0.2, 0) is 21.7 Å². The molecule has 0 bridgehead atoms. The van der Waals surface area contributed by atoms with E-state index in [9.17, 15) is 14.7 Å². The Morgan fingerprint density at radius 2 is 1.86 bits per heavy atom. The minimum atomic E-state index is -1.39. The lowest BCUT2D eigenvalue weighted by molar-refractivity contribution is -0.139. The largest absolute Gasteiger partial charge is 0.497 e. The van der Waals surface area contributed by atoms with Crippen molar-refractivity contribution in [1.82, 2.24) is 10.6 Å². The first kappa shape index (κ1) is 19.5. The fourth-order valence-electron chi connectivity index (χ4n) is 2.71. The van der Waals surface area contributed by atoms with Crippen molar-refractivity contribution < 1.29 is 28.9 Å². The van der Waals surface area contributed by atoms with Crippen LogP contribution in [0.3, 0.4) is 0 Å². The van der Waals surface area contributed by atoms with E-state index in [1.165, 1.54) is 0 Å². The number of rotatable bonds is 6. The summed E-state index contributed by atoms with van der Waals surface area (Å²) in [5, 5.41) is 15.6. The van der Waals surface area contributed by atoms with Crippen LogP contribution in [0.5, 0.6) is 17.2 Å². The average Bonchev–Trinajstić information content (AvgIpc) is 3.18. The Labute approximate surface area is 162 Å². The van der Waals surface area contributed by atoms with Crippen LogP contribution in [0.15, 0.2) is 42.5 Å². The average molecular weight is 386 g/mol. The molecule has 0 fully saturated rings. The molecule has 3 N–H and O–H groups in total. The van der Waals surface area contributed by atoms with Gasteiger partial charge in [-0.3, -0.25) is 9.59 Å². The van der Waals surface area contributed by atoms with E-state index in [0.717, 1.165) is 5.56 Å². The number of carbonyl (C=O) groups excluding carboxylic acids is 2. The van der Waals surface area contributed by atoms with Gasteiger partial charge in [-0.2, -0.15) is 0 Å². The third kappa shape index (κ3) is 4.52. The number of nitrogens with one attached hydrogen (secondary N) is 2. The van der Waals surface area contributed by atoms with Crippen LogP contribution < -0.4 is 24.8 Å². The molecule has 2 amide bonds. The highest BCUT2D eigenvalue weighted by Gasteiger charge is 2.27. The van der Waals surface area contributed by atoms with Gasteiger partial charge in [-0.05, 0) is 42.3 Å². The summed E-state index contributed by atoms with van der Waals surface area (Å²) in [6.45, 7) is 1.71. The molecule has 0 saturated heterocycles. The highest BCUT2D eigenvalue weighted by Crippen LogP contribution is 2.35. The van der Waals surface area contributed by atoms with Crippen molar-refractivity contribution in [3.05, 3.63) is 53.6 Å². The van der Waals surface area contributed by atoms with Gasteiger partial charge in [0.05, 0.1) is 13.7 Å². The van der Waals surface area contributed by atoms with Gasteiger partial charge in [0, 0.05) is 6.54 Å². The number of fused-ring (bicyclic) bond motifs is 1. The fourth-order valence-corrected chi connectivity index (χ4v) is 2.71. The standard InChI is InChI=1S/C20H22N2O6/c1-20(25,14-6-7-16-17(9-14)28-12-27-16)11-22-19(24)18(23)21-10-13-4-3-5-15(8-13)26-2/h3-9,25H,10-12H2,1-2H3,(H,21,23)(H,22,24). The van der Waals surface area contributed by atoms with Crippen LogP contribution in [0.4, 0.5) is 0 Å². The summed E-state index contributed by atoms with van der Waals surface area (Å²) >= 11 is 0. The van der Waals surface area contributed by atoms with Gasteiger partial charge in [-0.15, -0.1) is 0 Å². The Hall–Kier alpha value is -3.26. The molecular weight excluding hydrogens is 364 g/mol. The van der Waals surface area contributed by atoms with Crippen LogP contribution in [-0.4, -0.2) is 37.4 Å². The van der Waals surface area contributed by atoms with Crippen molar-refractivity contribution in [3.63, 3.8) is 0 Å². The molecule has 0 aliphatic carbocycles. The number of aliphatic hydroxyl groups is 1. The summed E-state index contributed by atoms with van der Waals surface area (Å²) in [7, 11) is 1.55. The van der Waals surface area contributed by atoms with E-state index in [-0.39, 0.29) is 19.9 Å². The van der Waals surface area contributed by atoms with Crippen LogP contribution >= 0.6 is 0 Å². The van der Waals surface area contributed by atoms with Gasteiger partial charge in [-0.1, -0.05) is 18.2 Å². The van der Waals surface area contributed by atoms with Gasteiger partial charge >= 0.3 is 11.8 Å². The smallest absolute Gasteiger partial charge is 0.309 e. The molecule has 28 heavy (non-hydrogen) atoms. The van der Waals surface area contributed by atoms with Gasteiger partial charge in [0.15, 0.2) is 11.5 Å². The van der Waals surface area contributed by atoms with Gasteiger partial charge in [0.1, 0.15) is 11.4 Å². The van der Waals surface area contributed by atoms with Gasteiger partial charge in [0.2, 0.25) is 6.79 Å². The number of ether oxygens (including phenoxy) is 3. The highest BCUT2D eigenvalue weighted by atomic mass is 16.7. The van der Waals surface area contributed by atoms with Crippen molar-refractivity contribution in [2.45, 2.75) is 19.1 Å². The predicted octanol–water partition coefficient (Wildman–Crippen LogP) is 1.06. The molecule has 0 spiro atoms. The van der Waals surface area contributed by atoms with E-state index in [4.69, 9.17) is 14.2 Å². The third-order valence-electron chi connectivity index (χ3n) is 4.38. The highest BCUT2D eigenvalue weighted by molar-refractivity contribution is 6.35. The quantitative estimate of drug-likeness (QED) is 0.641. The second kappa shape index (κ2) is 8.18. The molecule has 1 atom stereocenters. The summed E-state index contributed by atoms with van der Waals surface area (Å²) in [6.07, 6.45) is 0. The number of benzene rings is 2. The molecule has 0 saturated carbocycles. The molecule has 1 unspecified atom stereocenters. The summed E-state index contributed by atoms with van der Waals surface area (Å²) in [5.41, 5.74) is -0.0503. The van der Waals surface area contributed by atoms with Crippen molar-refractivity contribution >= 4 is 11.8 Å². The molecule has 8 nitrogen and oxygen atoms in total. The van der Waals surface area contributed by atoms with Gasteiger partial charge in [0.25, 0.3) is 0 Å². The van der Waals surface area contributed by atoms with E-state index in [0.29, 0.717) is 22.8 Å². The number of methoxy groups -OCH3 is 1. The van der Waals surface area contributed by atoms with Crippen molar-refractivity contribution in [3.8, 4) is 17.2 Å². The number of hydrogen-bond donors (Lipinski definition) is 3. The van der Waals surface area contributed by atoms with Gasteiger partial charge < -0.3 is 30.0 Å². The first-order valence-corrected chi connectivity index (χ1v) is 8.70. The lowest BCUT2D eigenvalue weighted by atomic mass is 9.95. The Bertz CT molecular complexity index is 881. The van der Waals surface area contributed by atoms with Crippen LogP contribution in [0.2, 0.25) is 0 Å². The third-order valence-corrected chi connectivity index (χ3v) is 4.38. The molecule has 148 valence electrons. The summed E-state index contributed by atoms with van der Waals surface area (Å²) in [6, 6.07) is 12.2. The Kier molecular flexibility index (Phi) is 5.70. The zero-order valence-electron chi connectivity index (χ0n) is 15.7. The van der Waals surface area contributed by atoms with E-state index in [1.54, 1.807) is 50.4 Å². The second-order valence-corrected chi connectivity index (χ2v) is 6.56. The van der Waals surface area contributed by atoms with Crippen LogP contribution in [0.1, 0.15) is 18.1 Å². The minimum absolute atomic E-state index is 0.130. The molecule has 8 heteroatoms. The number of carbonyl (C=O) groups is 2. The maximum absolute atomic E-state index is 12.0. The van der Waals surface area contributed by atoms with E-state index in [2.05, 4.69) is 10.6 Å². The van der Waals surface area contributed by atoms with E-state index in [1.807, 2.05) is 6.07 Å². The molecule has 0 aromatic heterocycles. The molecular formula is C20H22N2O6. The summed E-state index contributed by atoms with van der Waals surface area (Å²) < 4.78 is 15.7. The molecule has 2 aromatic rings. The van der Waals surface area contributed by atoms with Crippen LogP contribution in [0.25, 0.3) is 0 Å². The number of amides is 2. The number of hydrogen-bond acceptors (Lipinski definition) is 6. The first-order chi connectivity index (χ1) is 13.4. The molecule has 2 aromatic carbocycles.